The van der Waals surface area contributed by atoms with Gasteiger partial charge >= 0.3 is 0 Å². The monoisotopic (exact) mass is 304 g/mol. The summed E-state index contributed by atoms with van der Waals surface area (Å²) >= 11 is 0. The minimum Gasteiger partial charge on any atom is -0.483 e. The number of carbonyl (C=O) groups is 2. The molecule has 1 aliphatic rings. The van der Waals surface area contributed by atoms with Crippen LogP contribution in [0.1, 0.15) is 30.9 Å². The Bertz CT molecular complexity index is 529. The fourth-order valence-corrected chi connectivity index (χ4v) is 2.81. The van der Waals surface area contributed by atoms with Crippen LogP contribution in [0.3, 0.4) is 0 Å². The number of piperidine rings is 1. The lowest BCUT2D eigenvalue weighted by molar-refractivity contribution is -0.134. The van der Waals surface area contributed by atoms with Crippen molar-refractivity contribution in [3.05, 3.63) is 29.3 Å². The minimum absolute atomic E-state index is 0.00364. The van der Waals surface area contributed by atoms with Crippen LogP contribution in [0, 0.1) is 13.8 Å². The maximum Gasteiger partial charge on any atom is 0.260 e. The molecule has 1 aromatic rings. The van der Waals surface area contributed by atoms with Crippen molar-refractivity contribution in [1.82, 2.24) is 10.2 Å². The largest absolute Gasteiger partial charge is 0.483 e. The molecule has 0 aromatic heterocycles. The first-order valence-electron chi connectivity index (χ1n) is 7.71. The number of nitrogens with zero attached hydrogens (tertiary/aromatic N) is 1. The van der Waals surface area contributed by atoms with Crippen molar-refractivity contribution in [3.63, 3.8) is 0 Å². The Labute approximate surface area is 131 Å². The Morgan fingerprint density at radius 1 is 1.23 bits per heavy atom. The summed E-state index contributed by atoms with van der Waals surface area (Å²) in [6.07, 6.45) is 1.60. The number of aryl methyl sites for hydroxylation is 2. The summed E-state index contributed by atoms with van der Waals surface area (Å²) < 4.78 is 5.71. The van der Waals surface area contributed by atoms with Crippen molar-refractivity contribution >= 4 is 11.8 Å². The zero-order valence-electron chi connectivity index (χ0n) is 13.5. The summed E-state index contributed by atoms with van der Waals surface area (Å²) in [5, 5.41) is 2.91. The molecule has 1 fully saturated rings. The van der Waals surface area contributed by atoms with Crippen LogP contribution in [0.15, 0.2) is 18.2 Å². The van der Waals surface area contributed by atoms with Gasteiger partial charge in [-0.25, -0.2) is 0 Å². The predicted molar refractivity (Wildman–Crippen MR) is 84.8 cm³/mol. The smallest absolute Gasteiger partial charge is 0.260 e. The van der Waals surface area contributed by atoms with Gasteiger partial charge in [0, 0.05) is 26.1 Å². The standard InChI is InChI=1S/C17H24N2O3/c1-12-5-4-6-13(2)17(12)22-11-16(21)19-9-7-15(8-10-19)18-14(3)20/h4-6,15H,7-11H2,1-3H3,(H,18,20). The summed E-state index contributed by atoms with van der Waals surface area (Å²) in [5.74, 6) is 0.788. The van der Waals surface area contributed by atoms with Gasteiger partial charge in [0.1, 0.15) is 5.75 Å². The fourth-order valence-electron chi connectivity index (χ4n) is 2.81. The van der Waals surface area contributed by atoms with Crippen LogP contribution < -0.4 is 10.1 Å². The van der Waals surface area contributed by atoms with E-state index >= 15 is 0 Å². The van der Waals surface area contributed by atoms with Gasteiger partial charge in [0.2, 0.25) is 5.91 Å². The quantitative estimate of drug-likeness (QED) is 0.923. The Hall–Kier alpha value is -2.04. The van der Waals surface area contributed by atoms with Gasteiger partial charge in [-0.3, -0.25) is 9.59 Å². The van der Waals surface area contributed by atoms with E-state index in [1.54, 1.807) is 0 Å². The van der Waals surface area contributed by atoms with Crippen LogP contribution in [0.25, 0.3) is 0 Å². The molecule has 2 rings (SSSR count). The highest BCUT2D eigenvalue weighted by Crippen LogP contribution is 2.22. The van der Waals surface area contributed by atoms with Gasteiger partial charge < -0.3 is 15.0 Å². The number of likely N-dealkylation sites (tertiary alicyclic amines) is 1. The van der Waals surface area contributed by atoms with Gasteiger partial charge in [0.25, 0.3) is 5.91 Å². The molecule has 1 saturated heterocycles. The highest BCUT2D eigenvalue weighted by Gasteiger charge is 2.23. The van der Waals surface area contributed by atoms with E-state index in [9.17, 15) is 9.59 Å². The number of ether oxygens (including phenoxy) is 1. The molecular formula is C17H24N2O3. The lowest BCUT2D eigenvalue weighted by atomic mass is 10.1. The molecule has 0 aliphatic carbocycles. The molecule has 1 N–H and O–H groups in total. The number of hydrogen-bond donors (Lipinski definition) is 1. The van der Waals surface area contributed by atoms with Gasteiger partial charge in [-0.2, -0.15) is 0 Å². The van der Waals surface area contributed by atoms with E-state index < -0.39 is 0 Å². The van der Waals surface area contributed by atoms with E-state index in [0.717, 1.165) is 29.7 Å². The average Bonchev–Trinajstić information content (AvgIpc) is 2.46. The summed E-state index contributed by atoms with van der Waals surface area (Å²) in [6.45, 7) is 6.88. The van der Waals surface area contributed by atoms with Crippen molar-refractivity contribution in [2.75, 3.05) is 19.7 Å². The number of amides is 2. The number of nitrogens with one attached hydrogen (secondary N) is 1. The van der Waals surface area contributed by atoms with Crippen LogP contribution in [0.5, 0.6) is 5.75 Å². The Morgan fingerprint density at radius 2 is 1.82 bits per heavy atom. The zero-order chi connectivity index (χ0) is 16.1. The lowest BCUT2D eigenvalue weighted by Crippen LogP contribution is -2.47. The topological polar surface area (TPSA) is 58.6 Å². The van der Waals surface area contributed by atoms with E-state index in [0.29, 0.717) is 13.1 Å². The van der Waals surface area contributed by atoms with Crippen molar-refractivity contribution in [2.24, 2.45) is 0 Å². The van der Waals surface area contributed by atoms with E-state index in [4.69, 9.17) is 4.74 Å². The van der Waals surface area contributed by atoms with Crippen LogP contribution in [-0.2, 0) is 9.59 Å². The molecule has 0 saturated carbocycles. The van der Waals surface area contributed by atoms with Gasteiger partial charge in [-0.15, -0.1) is 0 Å². The molecule has 1 heterocycles. The molecule has 22 heavy (non-hydrogen) atoms. The molecule has 1 aromatic carbocycles. The van der Waals surface area contributed by atoms with Gasteiger partial charge in [0.15, 0.2) is 6.61 Å². The summed E-state index contributed by atoms with van der Waals surface area (Å²) in [7, 11) is 0. The molecule has 5 heteroatoms. The van der Waals surface area contributed by atoms with Crippen LogP contribution in [0.4, 0.5) is 0 Å². The second kappa shape index (κ2) is 7.29. The highest BCUT2D eigenvalue weighted by molar-refractivity contribution is 5.78. The first-order valence-corrected chi connectivity index (χ1v) is 7.71. The molecule has 1 aliphatic heterocycles. The predicted octanol–water partition coefficient (Wildman–Crippen LogP) is 1.81. The van der Waals surface area contributed by atoms with E-state index in [1.807, 2.05) is 36.9 Å². The van der Waals surface area contributed by atoms with E-state index in [2.05, 4.69) is 5.32 Å². The number of para-hydroxylation sites is 1. The highest BCUT2D eigenvalue weighted by atomic mass is 16.5. The third-order valence-electron chi connectivity index (χ3n) is 4.00. The molecule has 0 bridgehead atoms. The summed E-state index contributed by atoms with van der Waals surface area (Å²) in [4.78, 5) is 25.1. The Balaban J connectivity index is 1.83. The van der Waals surface area contributed by atoms with Gasteiger partial charge in [-0.1, -0.05) is 18.2 Å². The van der Waals surface area contributed by atoms with Crippen LogP contribution in [0.2, 0.25) is 0 Å². The lowest BCUT2D eigenvalue weighted by Gasteiger charge is -2.32. The zero-order valence-corrected chi connectivity index (χ0v) is 13.5. The molecular weight excluding hydrogens is 280 g/mol. The van der Waals surface area contributed by atoms with Crippen LogP contribution >= 0.6 is 0 Å². The molecule has 120 valence electrons. The maximum atomic E-state index is 12.2. The second-order valence-corrected chi connectivity index (χ2v) is 5.87. The number of benzene rings is 1. The SMILES string of the molecule is CC(=O)NC1CCN(C(=O)COc2c(C)cccc2C)CC1. The van der Waals surface area contributed by atoms with Crippen molar-refractivity contribution in [2.45, 2.75) is 39.7 Å². The molecule has 0 atom stereocenters. The molecule has 0 radical (unpaired) electrons. The molecule has 2 amide bonds. The molecule has 0 spiro atoms. The first-order chi connectivity index (χ1) is 10.5. The first kappa shape index (κ1) is 16.3. The van der Waals surface area contributed by atoms with Crippen molar-refractivity contribution in [3.8, 4) is 5.75 Å². The Morgan fingerprint density at radius 3 is 2.36 bits per heavy atom. The summed E-state index contributed by atoms with van der Waals surface area (Å²) in [5.41, 5.74) is 2.08. The van der Waals surface area contributed by atoms with Gasteiger partial charge in [0.05, 0.1) is 0 Å². The van der Waals surface area contributed by atoms with Gasteiger partial charge in [-0.05, 0) is 37.8 Å². The maximum absolute atomic E-state index is 12.2. The number of rotatable bonds is 4. The minimum atomic E-state index is -0.0110. The third-order valence-corrected chi connectivity index (χ3v) is 4.00. The average molecular weight is 304 g/mol. The Kier molecular flexibility index (Phi) is 5.41. The van der Waals surface area contributed by atoms with E-state index in [1.165, 1.54) is 6.92 Å². The van der Waals surface area contributed by atoms with E-state index in [-0.39, 0.29) is 24.5 Å². The van der Waals surface area contributed by atoms with Crippen molar-refractivity contribution in [1.29, 1.82) is 0 Å². The number of hydrogen-bond acceptors (Lipinski definition) is 3. The van der Waals surface area contributed by atoms with Crippen LogP contribution in [-0.4, -0.2) is 42.5 Å². The normalized spacial score (nSPS) is 15.5. The summed E-state index contributed by atoms with van der Waals surface area (Å²) in [6, 6.07) is 6.12. The second-order valence-electron chi connectivity index (χ2n) is 5.87. The number of carbonyl (C=O) groups excluding carboxylic acids is 2. The fraction of sp³-hybridized carbons (Fsp3) is 0.529. The third kappa shape index (κ3) is 4.23. The van der Waals surface area contributed by atoms with Crippen molar-refractivity contribution < 1.29 is 14.3 Å². The molecule has 5 nitrogen and oxygen atoms in total. The molecule has 0 unspecified atom stereocenters.